The van der Waals surface area contributed by atoms with Crippen LogP contribution in [-0.4, -0.2) is 9.78 Å². The third-order valence-corrected chi connectivity index (χ3v) is 4.09. The summed E-state index contributed by atoms with van der Waals surface area (Å²) >= 11 is 9.92. The van der Waals surface area contributed by atoms with E-state index < -0.39 is 0 Å². The van der Waals surface area contributed by atoms with E-state index in [4.69, 9.17) is 11.6 Å². The molecule has 1 aromatic carbocycles. The molecule has 0 radical (unpaired) electrons. The fourth-order valence-electron chi connectivity index (χ4n) is 2.21. The zero-order valence-electron chi connectivity index (χ0n) is 12.0. The number of hydrogen-bond acceptors (Lipinski definition) is 2. The van der Waals surface area contributed by atoms with Crippen LogP contribution in [0.3, 0.4) is 0 Å². The number of rotatable bonds is 5. The minimum absolute atomic E-state index is 0.676. The average molecular weight is 357 g/mol. The zero-order chi connectivity index (χ0) is 14.7. The van der Waals surface area contributed by atoms with Gasteiger partial charge in [0.15, 0.2) is 0 Å². The fourth-order valence-corrected chi connectivity index (χ4v) is 3.15. The highest BCUT2D eigenvalue weighted by Crippen LogP contribution is 2.24. The standard InChI is InChI=1S/C15H19BrClN3/c1-4-13-15(17)14(20(5-2)19-13)9-18-12-7-10(3)6-11(16)8-12/h6-8,18H,4-5,9H2,1-3H3. The van der Waals surface area contributed by atoms with E-state index in [2.05, 4.69) is 65.3 Å². The van der Waals surface area contributed by atoms with E-state index >= 15 is 0 Å². The first-order chi connectivity index (χ1) is 9.55. The maximum absolute atomic E-state index is 6.40. The smallest absolute Gasteiger partial charge is 0.0868 e. The number of aromatic nitrogens is 2. The van der Waals surface area contributed by atoms with E-state index in [1.807, 2.05) is 4.68 Å². The number of anilines is 1. The molecule has 0 unspecified atom stereocenters. The Kier molecular flexibility index (Phi) is 5.11. The highest BCUT2D eigenvalue weighted by molar-refractivity contribution is 9.10. The van der Waals surface area contributed by atoms with Crippen molar-refractivity contribution in [3.05, 3.63) is 44.6 Å². The van der Waals surface area contributed by atoms with Gasteiger partial charge in [0.05, 0.1) is 23.0 Å². The Balaban J connectivity index is 2.20. The minimum atomic E-state index is 0.676. The van der Waals surface area contributed by atoms with Gasteiger partial charge in [0, 0.05) is 16.7 Å². The van der Waals surface area contributed by atoms with Crippen molar-refractivity contribution in [1.29, 1.82) is 0 Å². The first kappa shape index (κ1) is 15.4. The third kappa shape index (κ3) is 3.36. The first-order valence-electron chi connectivity index (χ1n) is 6.80. The molecule has 0 fully saturated rings. The molecule has 0 saturated carbocycles. The highest BCUT2D eigenvalue weighted by atomic mass is 79.9. The molecule has 2 aromatic rings. The molecule has 0 aliphatic rings. The lowest BCUT2D eigenvalue weighted by molar-refractivity contribution is 0.619. The van der Waals surface area contributed by atoms with Crippen molar-refractivity contribution in [2.24, 2.45) is 0 Å². The van der Waals surface area contributed by atoms with Gasteiger partial charge in [0.2, 0.25) is 0 Å². The van der Waals surface area contributed by atoms with Crippen LogP contribution in [0.5, 0.6) is 0 Å². The monoisotopic (exact) mass is 355 g/mol. The SMILES string of the molecule is CCc1nn(CC)c(CNc2cc(C)cc(Br)c2)c1Cl. The third-order valence-electron chi connectivity index (χ3n) is 3.20. The number of aryl methyl sites for hydroxylation is 3. The first-order valence-corrected chi connectivity index (χ1v) is 7.97. The highest BCUT2D eigenvalue weighted by Gasteiger charge is 2.13. The van der Waals surface area contributed by atoms with Crippen molar-refractivity contribution in [1.82, 2.24) is 9.78 Å². The largest absolute Gasteiger partial charge is 0.379 e. The van der Waals surface area contributed by atoms with E-state index in [-0.39, 0.29) is 0 Å². The lowest BCUT2D eigenvalue weighted by Gasteiger charge is -2.10. The van der Waals surface area contributed by atoms with E-state index in [1.54, 1.807) is 0 Å². The fraction of sp³-hybridized carbons (Fsp3) is 0.400. The van der Waals surface area contributed by atoms with Gasteiger partial charge in [-0.15, -0.1) is 0 Å². The van der Waals surface area contributed by atoms with Crippen LogP contribution in [0.2, 0.25) is 5.02 Å². The molecule has 0 saturated heterocycles. The van der Waals surface area contributed by atoms with Crippen LogP contribution in [0.4, 0.5) is 5.69 Å². The number of nitrogens with zero attached hydrogens (tertiary/aromatic N) is 2. The molecule has 0 aliphatic heterocycles. The summed E-state index contributed by atoms with van der Waals surface area (Å²) in [5.74, 6) is 0. The number of halogens is 2. The molecular weight excluding hydrogens is 338 g/mol. The molecule has 1 aromatic heterocycles. The lowest BCUT2D eigenvalue weighted by atomic mass is 10.2. The maximum atomic E-state index is 6.40. The van der Waals surface area contributed by atoms with Gasteiger partial charge in [-0.2, -0.15) is 5.10 Å². The van der Waals surface area contributed by atoms with Crippen LogP contribution in [0.1, 0.15) is 30.8 Å². The summed E-state index contributed by atoms with van der Waals surface area (Å²) in [6.07, 6.45) is 0.856. The molecule has 0 spiro atoms. The van der Waals surface area contributed by atoms with Crippen molar-refractivity contribution < 1.29 is 0 Å². The Labute approximate surface area is 133 Å². The molecule has 1 N–H and O–H groups in total. The van der Waals surface area contributed by atoms with Gasteiger partial charge in [0.25, 0.3) is 0 Å². The summed E-state index contributed by atoms with van der Waals surface area (Å²) in [6, 6.07) is 6.27. The van der Waals surface area contributed by atoms with E-state index in [1.165, 1.54) is 5.56 Å². The molecule has 2 rings (SSSR count). The molecular formula is C15H19BrClN3. The van der Waals surface area contributed by atoms with E-state index in [0.717, 1.165) is 39.5 Å². The summed E-state index contributed by atoms with van der Waals surface area (Å²) < 4.78 is 3.04. The molecule has 0 amide bonds. The van der Waals surface area contributed by atoms with Gasteiger partial charge in [-0.3, -0.25) is 4.68 Å². The lowest BCUT2D eigenvalue weighted by Crippen LogP contribution is -2.08. The predicted molar refractivity (Wildman–Crippen MR) is 88.5 cm³/mol. The number of benzene rings is 1. The van der Waals surface area contributed by atoms with Crippen LogP contribution in [0.25, 0.3) is 0 Å². The minimum Gasteiger partial charge on any atom is -0.379 e. The van der Waals surface area contributed by atoms with Gasteiger partial charge in [-0.1, -0.05) is 34.5 Å². The average Bonchev–Trinajstić information content (AvgIpc) is 2.71. The number of hydrogen-bond donors (Lipinski definition) is 1. The van der Waals surface area contributed by atoms with E-state index in [9.17, 15) is 0 Å². The van der Waals surface area contributed by atoms with Gasteiger partial charge in [0.1, 0.15) is 0 Å². The van der Waals surface area contributed by atoms with Crippen LogP contribution < -0.4 is 5.32 Å². The maximum Gasteiger partial charge on any atom is 0.0868 e. The molecule has 108 valence electrons. The van der Waals surface area contributed by atoms with Gasteiger partial charge >= 0.3 is 0 Å². The summed E-state index contributed by atoms with van der Waals surface area (Å²) in [4.78, 5) is 0. The Morgan fingerprint density at radius 1 is 1.30 bits per heavy atom. The topological polar surface area (TPSA) is 29.9 Å². The second kappa shape index (κ2) is 6.64. The second-order valence-electron chi connectivity index (χ2n) is 4.75. The summed E-state index contributed by atoms with van der Waals surface area (Å²) in [5, 5.41) is 8.74. The van der Waals surface area contributed by atoms with Gasteiger partial charge in [-0.05, 0) is 44.0 Å². The number of nitrogens with one attached hydrogen (secondary N) is 1. The van der Waals surface area contributed by atoms with Crippen molar-refractivity contribution in [3.63, 3.8) is 0 Å². The van der Waals surface area contributed by atoms with Gasteiger partial charge < -0.3 is 5.32 Å². The second-order valence-corrected chi connectivity index (χ2v) is 6.04. The van der Waals surface area contributed by atoms with Crippen LogP contribution in [-0.2, 0) is 19.5 Å². The van der Waals surface area contributed by atoms with Crippen molar-refractivity contribution in [2.45, 2.75) is 40.3 Å². The van der Waals surface area contributed by atoms with Crippen molar-refractivity contribution >= 4 is 33.2 Å². The quantitative estimate of drug-likeness (QED) is 0.834. The molecule has 0 aliphatic carbocycles. The molecule has 1 heterocycles. The van der Waals surface area contributed by atoms with Crippen LogP contribution in [0, 0.1) is 6.92 Å². The molecule has 5 heteroatoms. The van der Waals surface area contributed by atoms with Crippen molar-refractivity contribution in [2.75, 3.05) is 5.32 Å². The predicted octanol–water partition coefficient (Wildman–Crippen LogP) is 4.80. The Bertz CT molecular complexity index is 587. The van der Waals surface area contributed by atoms with Gasteiger partial charge in [-0.25, -0.2) is 0 Å². The normalized spacial score (nSPS) is 10.8. The molecule has 20 heavy (non-hydrogen) atoms. The van der Waals surface area contributed by atoms with Crippen molar-refractivity contribution in [3.8, 4) is 0 Å². The van der Waals surface area contributed by atoms with E-state index in [0.29, 0.717) is 6.54 Å². The Morgan fingerprint density at radius 3 is 2.65 bits per heavy atom. The molecule has 0 atom stereocenters. The molecule has 0 bridgehead atoms. The molecule has 3 nitrogen and oxygen atoms in total. The Hall–Kier alpha value is -1.000. The summed E-state index contributed by atoms with van der Waals surface area (Å²) in [6.45, 7) is 7.73. The summed E-state index contributed by atoms with van der Waals surface area (Å²) in [5.41, 5.74) is 4.31. The Morgan fingerprint density at radius 2 is 2.05 bits per heavy atom. The zero-order valence-corrected chi connectivity index (χ0v) is 14.3. The van der Waals surface area contributed by atoms with Crippen LogP contribution in [0.15, 0.2) is 22.7 Å². The summed E-state index contributed by atoms with van der Waals surface area (Å²) in [7, 11) is 0. The van der Waals surface area contributed by atoms with Crippen LogP contribution >= 0.6 is 27.5 Å².